The van der Waals surface area contributed by atoms with Crippen molar-refractivity contribution in [2.45, 2.75) is 6.17 Å². The van der Waals surface area contributed by atoms with Crippen molar-refractivity contribution in [2.75, 3.05) is 13.1 Å². The van der Waals surface area contributed by atoms with E-state index < -0.39 is 6.17 Å². The maximum Gasteiger partial charge on any atom is 0.327 e. The van der Waals surface area contributed by atoms with Crippen LogP contribution in [-0.2, 0) is 4.79 Å². The summed E-state index contributed by atoms with van der Waals surface area (Å²) < 4.78 is 1.30. The first-order valence-electron chi connectivity index (χ1n) is 3.99. The summed E-state index contributed by atoms with van der Waals surface area (Å²) in [5.41, 5.74) is -0.303. The van der Waals surface area contributed by atoms with Crippen molar-refractivity contribution in [2.24, 2.45) is 0 Å². The zero-order valence-corrected chi connectivity index (χ0v) is 6.86. The smallest absolute Gasteiger partial charge is 0.313 e. The Morgan fingerprint density at radius 3 is 3.00 bits per heavy atom. The van der Waals surface area contributed by atoms with Gasteiger partial charge in [0.1, 0.15) is 0 Å². The topological polar surface area (TPSA) is 81.0 Å². The van der Waals surface area contributed by atoms with Gasteiger partial charge >= 0.3 is 5.69 Å². The van der Waals surface area contributed by atoms with Crippen LogP contribution in [0.1, 0.15) is 6.17 Å². The van der Waals surface area contributed by atoms with Gasteiger partial charge in [0.25, 0.3) is 5.91 Å². The Kier molecular flexibility index (Phi) is 1.90. The number of nitrogens with zero attached hydrogens (tertiary/aromatic N) is 2. The predicted octanol–water partition coefficient (Wildman–Crippen LogP) is -1.59. The standard InChI is InChI=1S/C7H9N4O2/c12-6-5(8-1-2-9-6)11-4-3-10-7(11)13/h3-5,8H,1-2H2,(H,10,13). The molecule has 0 aliphatic carbocycles. The minimum atomic E-state index is -0.632. The third-order valence-corrected chi connectivity index (χ3v) is 1.91. The normalized spacial score (nSPS) is 22.8. The molecule has 1 aromatic heterocycles. The van der Waals surface area contributed by atoms with Gasteiger partial charge in [-0.05, 0) is 0 Å². The first-order valence-corrected chi connectivity index (χ1v) is 3.99. The van der Waals surface area contributed by atoms with Gasteiger partial charge in [-0.1, -0.05) is 0 Å². The van der Waals surface area contributed by atoms with Crippen LogP contribution in [0.25, 0.3) is 0 Å². The zero-order valence-electron chi connectivity index (χ0n) is 6.86. The molecule has 1 fully saturated rings. The van der Waals surface area contributed by atoms with Crippen molar-refractivity contribution in [3.8, 4) is 0 Å². The lowest BCUT2D eigenvalue weighted by atomic mass is 10.3. The summed E-state index contributed by atoms with van der Waals surface area (Å²) in [7, 11) is 0. The van der Waals surface area contributed by atoms with Crippen LogP contribution in [0.2, 0.25) is 0 Å². The highest BCUT2D eigenvalue weighted by molar-refractivity contribution is 5.80. The van der Waals surface area contributed by atoms with Crippen molar-refractivity contribution in [3.05, 3.63) is 22.9 Å². The number of nitrogens with one attached hydrogen (secondary N) is 2. The average molecular weight is 181 g/mol. The van der Waals surface area contributed by atoms with Gasteiger partial charge in [-0.25, -0.2) is 10.1 Å². The third-order valence-electron chi connectivity index (χ3n) is 1.91. The number of rotatable bonds is 1. The maximum absolute atomic E-state index is 11.2. The van der Waals surface area contributed by atoms with Crippen molar-refractivity contribution in [1.82, 2.24) is 20.2 Å². The van der Waals surface area contributed by atoms with E-state index in [9.17, 15) is 9.59 Å². The highest BCUT2D eigenvalue weighted by atomic mass is 16.2. The Labute approximate surface area is 73.9 Å². The Morgan fingerprint density at radius 1 is 1.54 bits per heavy atom. The van der Waals surface area contributed by atoms with E-state index in [0.29, 0.717) is 13.1 Å². The summed E-state index contributed by atoms with van der Waals surface area (Å²) in [5, 5.41) is 6.65. The molecular weight excluding hydrogens is 172 g/mol. The largest absolute Gasteiger partial charge is 0.327 e. The van der Waals surface area contributed by atoms with E-state index in [0.717, 1.165) is 0 Å². The third kappa shape index (κ3) is 1.35. The molecule has 1 radical (unpaired) electrons. The fourth-order valence-corrected chi connectivity index (χ4v) is 1.29. The van der Waals surface area contributed by atoms with E-state index in [4.69, 9.17) is 0 Å². The first-order chi connectivity index (χ1) is 6.29. The minimum Gasteiger partial charge on any atom is -0.313 e. The summed E-state index contributed by atoms with van der Waals surface area (Å²) in [6.07, 6.45) is 2.39. The highest BCUT2D eigenvalue weighted by Gasteiger charge is 2.25. The Hall–Kier alpha value is -1.56. The van der Waals surface area contributed by atoms with Gasteiger partial charge in [0, 0.05) is 18.9 Å². The second-order valence-electron chi connectivity index (χ2n) is 2.75. The number of amides is 1. The van der Waals surface area contributed by atoms with Gasteiger partial charge in [0.2, 0.25) is 0 Å². The summed E-state index contributed by atoms with van der Waals surface area (Å²) in [6.45, 7) is 1.10. The second kappa shape index (κ2) is 3.06. The molecule has 13 heavy (non-hydrogen) atoms. The Balaban J connectivity index is 2.29. The van der Waals surface area contributed by atoms with Crippen LogP contribution in [0, 0.1) is 0 Å². The van der Waals surface area contributed by atoms with E-state index in [1.165, 1.54) is 17.0 Å². The number of aromatic nitrogens is 2. The van der Waals surface area contributed by atoms with E-state index in [1.807, 2.05) is 0 Å². The molecule has 1 aliphatic heterocycles. The van der Waals surface area contributed by atoms with Gasteiger partial charge < -0.3 is 4.98 Å². The monoisotopic (exact) mass is 181 g/mol. The molecule has 1 aliphatic rings. The van der Waals surface area contributed by atoms with Crippen LogP contribution in [-0.4, -0.2) is 28.5 Å². The fourth-order valence-electron chi connectivity index (χ4n) is 1.29. The number of carbonyl (C=O) groups excluding carboxylic acids is 1. The number of imidazole rings is 1. The van der Waals surface area contributed by atoms with Gasteiger partial charge in [-0.3, -0.25) is 14.7 Å². The fraction of sp³-hybridized carbons (Fsp3) is 0.429. The quantitative estimate of drug-likeness (QED) is 0.548. The Bertz CT molecular complexity index is 367. The van der Waals surface area contributed by atoms with Crippen LogP contribution in [0.5, 0.6) is 0 Å². The van der Waals surface area contributed by atoms with Crippen molar-refractivity contribution in [3.63, 3.8) is 0 Å². The number of piperazine rings is 1. The number of hydrogen-bond acceptors (Lipinski definition) is 3. The lowest BCUT2D eigenvalue weighted by molar-refractivity contribution is -0.127. The van der Waals surface area contributed by atoms with E-state index in [1.54, 1.807) is 0 Å². The highest BCUT2D eigenvalue weighted by Crippen LogP contribution is 2.01. The summed E-state index contributed by atoms with van der Waals surface area (Å²) in [4.78, 5) is 24.8. The molecule has 69 valence electrons. The van der Waals surface area contributed by atoms with Gasteiger partial charge in [-0.15, -0.1) is 0 Å². The summed E-state index contributed by atoms with van der Waals surface area (Å²) in [6, 6.07) is 0. The van der Waals surface area contributed by atoms with Crippen LogP contribution in [0.3, 0.4) is 0 Å². The van der Waals surface area contributed by atoms with Gasteiger partial charge in [0.05, 0.1) is 6.54 Å². The average Bonchev–Trinajstić information content (AvgIpc) is 2.52. The van der Waals surface area contributed by atoms with Crippen molar-refractivity contribution < 1.29 is 4.79 Å². The molecule has 1 atom stereocenters. The predicted molar refractivity (Wildman–Crippen MR) is 44.1 cm³/mol. The lowest BCUT2D eigenvalue weighted by Crippen LogP contribution is -2.48. The molecule has 6 heteroatoms. The molecule has 0 aromatic carbocycles. The molecule has 6 nitrogen and oxygen atoms in total. The van der Waals surface area contributed by atoms with Crippen LogP contribution in [0.4, 0.5) is 0 Å². The molecule has 0 spiro atoms. The summed E-state index contributed by atoms with van der Waals surface area (Å²) in [5.74, 6) is -0.298. The lowest BCUT2D eigenvalue weighted by Gasteiger charge is -2.21. The van der Waals surface area contributed by atoms with E-state index in [2.05, 4.69) is 15.6 Å². The number of H-pyrrole nitrogens is 1. The van der Waals surface area contributed by atoms with Crippen LogP contribution in [0.15, 0.2) is 17.2 Å². The molecule has 0 saturated carbocycles. The molecule has 2 heterocycles. The molecule has 0 bridgehead atoms. The van der Waals surface area contributed by atoms with Crippen LogP contribution >= 0.6 is 0 Å². The molecule has 1 amide bonds. The van der Waals surface area contributed by atoms with Crippen LogP contribution < -0.4 is 16.3 Å². The van der Waals surface area contributed by atoms with Gasteiger partial charge in [0.15, 0.2) is 6.17 Å². The van der Waals surface area contributed by atoms with Gasteiger partial charge in [-0.2, -0.15) is 0 Å². The number of carbonyl (C=O) groups is 1. The van der Waals surface area contributed by atoms with Crippen molar-refractivity contribution in [1.29, 1.82) is 0 Å². The molecular formula is C7H9N4O2. The SMILES string of the molecule is O=C1[N]CCNC1n1cc[nH]c1=O. The molecule has 1 saturated heterocycles. The maximum atomic E-state index is 11.2. The molecule has 2 rings (SSSR count). The molecule has 2 N–H and O–H groups in total. The second-order valence-corrected chi connectivity index (χ2v) is 2.75. The number of aromatic amines is 1. The first kappa shape index (κ1) is 8.06. The van der Waals surface area contributed by atoms with E-state index >= 15 is 0 Å². The zero-order chi connectivity index (χ0) is 9.26. The van der Waals surface area contributed by atoms with E-state index in [-0.39, 0.29) is 11.6 Å². The summed E-state index contributed by atoms with van der Waals surface area (Å²) >= 11 is 0. The molecule has 1 unspecified atom stereocenters. The molecule has 1 aromatic rings. The van der Waals surface area contributed by atoms with Crippen molar-refractivity contribution >= 4 is 5.91 Å². The minimum absolute atomic E-state index is 0.298. The number of hydrogen-bond donors (Lipinski definition) is 2. The Morgan fingerprint density at radius 2 is 2.38 bits per heavy atom.